The Balaban J connectivity index is 2.02. The minimum atomic E-state index is -0.0641. The second kappa shape index (κ2) is 6.57. The quantitative estimate of drug-likeness (QED) is 0.895. The van der Waals surface area contributed by atoms with Crippen molar-refractivity contribution in [1.29, 1.82) is 0 Å². The van der Waals surface area contributed by atoms with E-state index < -0.39 is 0 Å². The molecule has 3 nitrogen and oxygen atoms in total. The van der Waals surface area contributed by atoms with E-state index >= 15 is 0 Å². The Labute approximate surface area is 127 Å². The molecule has 2 rings (SSSR count). The maximum absolute atomic E-state index is 11.4. The number of amides is 1. The molecule has 0 aliphatic heterocycles. The molecule has 4 heteroatoms. The molecule has 1 amide bonds. The molecule has 0 saturated heterocycles. The second-order valence-corrected chi connectivity index (χ2v) is 5.47. The Morgan fingerprint density at radius 1 is 1.15 bits per heavy atom. The molecule has 0 aliphatic carbocycles. The third kappa shape index (κ3) is 3.61. The maximum Gasteiger partial charge on any atom is 0.251 e. The summed E-state index contributed by atoms with van der Waals surface area (Å²) in [5.74, 6) is -0.0641. The van der Waals surface area contributed by atoms with Crippen molar-refractivity contribution in [3.8, 4) is 0 Å². The van der Waals surface area contributed by atoms with Gasteiger partial charge in [0.05, 0.1) is 0 Å². The van der Waals surface area contributed by atoms with Gasteiger partial charge in [-0.05, 0) is 58.2 Å². The Morgan fingerprint density at radius 2 is 1.85 bits per heavy atom. The largest absolute Gasteiger partial charge is 0.380 e. The van der Waals surface area contributed by atoms with Crippen molar-refractivity contribution in [2.75, 3.05) is 12.4 Å². The van der Waals surface area contributed by atoms with E-state index in [0.29, 0.717) is 5.56 Å². The van der Waals surface area contributed by atoms with Gasteiger partial charge in [-0.15, -0.1) is 0 Å². The average Bonchev–Trinajstić information content (AvgIpc) is 2.46. The fourth-order valence-corrected chi connectivity index (χ4v) is 2.51. The van der Waals surface area contributed by atoms with Crippen LogP contribution in [0.3, 0.4) is 0 Å². The summed E-state index contributed by atoms with van der Waals surface area (Å²) >= 11 is 3.55. The fraction of sp³-hybridized carbons (Fsp3) is 0.188. The first-order valence-electron chi connectivity index (χ1n) is 6.41. The van der Waals surface area contributed by atoms with Crippen molar-refractivity contribution in [2.24, 2.45) is 0 Å². The molecule has 2 aromatic rings. The topological polar surface area (TPSA) is 41.1 Å². The number of hydrogen-bond donors (Lipinski definition) is 2. The molecule has 0 heterocycles. The molecular weight excluding hydrogens is 316 g/mol. The summed E-state index contributed by atoms with van der Waals surface area (Å²) in [7, 11) is 1.63. The van der Waals surface area contributed by atoms with E-state index in [-0.39, 0.29) is 5.91 Å². The number of benzene rings is 2. The number of nitrogens with one attached hydrogen (secondary N) is 2. The van der Waals surface area contributed by atoms with E-state index in [1.165, 1.54) is 5.56 Å². The highest BCUT2D eigenvalue weighted by Crippen LogP contribution is 2.23. The Morgan fingerprint density at radius 3 is 2.45 bits per heavy atom. The first-order valence-corrected chi connectivity index (χ1v) is 7.20. The van der Waals surface area contributed by atoms with Gasteiger partial charge < -0.3 is 10.6 Å². The zero-order chi connectivity index (χ0) is 14.5. The van der Waals surface area contributed by atoms with Gasteiger partial charge in [0.2, 0.25) is 0 Å². The minimum Gasteiger partial charge on any atom is -0.380 e. The lowest BCUT2D eigenvalue weighted by Crippen LogP contribution is -2.17. The zero-order valence-electron chi connectivity index (χ0n) is 11.5. The van der Waals surface area contributed by atoms with Gasteiger partial charge in [0.25, 0.3) is 5.91 Å². The van der Waals surface area contributed by atoms with Crippen LogP contribution in [0.5, 0.6) is 0 Å². The van der Waals surface area contributed by atoms with Crippen LogP contribution < -0.4 is 10.6 Å². The van der Waals surface area contributed by atoms with Crippen molar-refractivity contribution in [3.63, 3.8) is 0 Å². The smallest absolute Gasteiger partial charge is 0.251 e. The van der Waals surface area contributed by atoms with E-state index in [1.807, 2.05) is 24.3 Å². The highest BCUT2D eigenvalue weighted by molar-refractivity contribution is 9.10. The van der Waals surface area contributed by atoms with Crippen LogP contribution in [0.2, 0.25) is 0 Å². The molecule has 0 atom stereocenters. The number of hydrogen-bond acceptors (Lipinski definition) is 2. The SMILES string of the molecule is CNC(=O)c1ccc(CNc2ccc(C)cc2Br)cc1. The first kappa shape index (κ1) is 14.6. The summed E-state index contributed by atoms with van der Waals surface area (Å²) in [6.45, 7) is 2.78. The Bertz CT molecular complexity index is 608. The molecule has 2 N–H and O–H groups in total. The molecule has 104 valence electrons. The van der Waals surface area contributed by atoms with E-state index in [2.05, 4.69) is 51.7 Å². The van der Waals surface area contributed by atoms with Crippen molar-refractivity contribution < 1.29 is 4.79 Å². The second-order valence-electron chi connectivity index (χ2n) is 4.61. The molecule has 0 bridgehead atoms. The first-order chi connectivity index (χ1) is 9.60. The van der Waals surface area contributed by atoms with Crippen LogP contribution >= 0.6 is 15.9 Å². The van der Waals surface area contributed by atoms with Crippen LogP contribution in [0.15, 0.2) is 46.9 Å². The number of anilines is 1. The summed E-state index contributed by atoms with van der Waals surface area (Å²) < 4.78 is 1.06. The van der Waals surface area contributed by atoms with Gasteiger partial charge in [-0.1, -0.05) is 18.2 Å². The van der Waals surface area contributed by atoms with Crippen molar-refractivity contribution >= 4 is 27.5 Å². The van der Waals surface area contributed by atoms with Crippen molar-refractivity contribution in [3.05, 3.63) is 63.6 Å². The average molecular weight is 333 g/mol. The monoisotopic (exact) mass is 332 g/mol. The third-order valence-electron chi connectivity index (χ3n) is 3.05. The standard InChI is InChI=1S/C16H17BrN2O/c1-11-3-8-15(14(17)9-11)19-10-12-4-6-13(7-5-12)16(20)18-2/h3-9,19H,10H2,1-2H3,(H,18,20). The van der Waals surface area contributed by atoms with E-state index in [1.54, 1.807) is 7.05 Å². The minimum absolute atomic E-state index is 0.0641. The lowest BCUT2D eigenvalue weighted by atomic mass is 10.1. The van der Waals surface area contributed by atoms with Crippen LogP contribution in [0.1, 0.15) is 21.5 Å². The van der Waals surface area contributed by atoms with E-state index in [9.17, 15) is 4.79 Å². The molecular formula is C16H17BrN2O. The number of aryl methyl sites for hydroxylation is 1. The molecule has 2 aromatic carbocycles. The van der Waals surface area contributed by atoms with Crippen molar-refractivity contribution in [1.82, 2.24) is 5.32 Å². The maximum atomic E-state index is 11.4. The van der Waals surface area contributed by atoms with Crippen LogP contribution in [-0.4, -0.2) is 13.0 Å². The summed E-state index contributed by atoms with van der Waals surface area (Å²) in [6.07, 6.45) is 0. The van der Waals surface area contributed by atoms with E-state index in [0.717, 1.165) is 22.3 Å². The normalized spacial score (nSPS) is 10.2. The summed E-state index contributed by atoms with van der Waals surface area (Å²) in [6, 6.07) is 13.8. The van der Waals surface area contributed by atoms with Gasteiger partial charge in [-0.3, -0.25) is 4.79 Å². The Kier molecular flexibility index (Phi) is 4.79. The summed E-state index contributed by atoms with van der Waals surface area (Å²) in [5.41, 5.74) is 4.08. The molecule has 0 aliphatic rings. The van der Waals surface area contributed by atoms with E-state index in [4.69, 9.17) is 0 Å². The van der Waals surface area contributed by atoms with Gasteiger partial charge in [-0.2, -0.15) is 0 Å². The lowest BCUT2D eigenvalue weighted by Gasteiger charge is -2.10. The highest BCUT2D eigenvalue weighted by atomic mass is 79.9. The lowest BCUT2D eigenvalue weighted by molar-refractivity contribution is 0.0963. The third-order valence-corrected chi connectivity index (χ3v) is 3.71. The predicted octanol–water partition coefficient (Wildman–Crippen LogP) is 3.73. The molecule has 20 heavy (non-hydrogen) atoms. The van der Waals surface area contributed by atoms with Gasteiger partial charge >= 0.3 is 0 Å². The molecule has 0 aromatic heterocycles. The van der Waals surface area contributed by atoms with Crippen molar-refractivity contribution in [2.45, 2.75) is 13.5 Å². The molecule has 0 saturated carbocycles. The predicted molar refractivity (Wildman–Crippen MR) is 86.0 cm³/mol. The number of carbonyl (C=O) groups excluding carboxylic acids is 1. The number of carbonyl (C=O) groups is 1. The van der Waals surface area contributed by atoms with Crippen LogP contribution in [0.4, 0.5) is 5.69 Å². The summed E-state index contributed by atoms with van der Waals surface area (Å²) in [4.78, 5) is 11.4. The summed E-state index contributed by atoms with van der Waals surface area (Å²) in [5, 5.41) is 5.98. The van der Waals surface area contributed by atoms with Gasteiger partial charge in [0, 0.05) is 29.3 Å². The van der Waals surface area contributed by atoms with Crippen LogP contribution in [0, 0.1) is 6.92 Å². The van der Waals surface area contributed by atoms with Crippen LogP contribution in [-0.2, 0) is 6.54 Å². The van der Waals surface area contributed by atoms with Gasteiger partial charge in [-0.25, -0.2) is 0 Å². The van der Waals surface area contributed by atoms with Crippen LogP contribution in [0.25, 0.3) is 0 Å². The Hall–Kier alpha value is -1.81. The highest BCUT2D eigenvalue weighted by Gasteiger charge is 2.03. The number of halogens is 1. The van der Waals surface area contributed by atoms with Gasteiger partial charge in [0.1, 0.15) is 0 Å². The zero-order valence-corrected chi connectivity index (χ0v) is 13.1. The molecule has 0 spiro atoms. The fourth-order valence-electron chi connectivity index (χ4n) is 1.88. The van der Waals surface area contributed by atoms with Gasteiger partial charge in [0.15, 0.2) is 0 Å². The number of rotatable bonds is 4. The molecule has 0 unspecified atom stereocenters. The molecule has 0 fully saturated rings. The molecule has 0 radical (unpaired) electrons.